The van der Waals surface area contributed by atoms with Gasteiger partial charge in [-0.3, -0.25) is 9.59 Å². The molecule has 3 aromatic carbocycles. The summed E-state index contributed by atoms with van der Waals surface area (Å²) >= 11 is 0. The maximum Gasteiger partial charge on any atom is 0.204 e. The highest BCUT2D eigenvalue weighted by Gasteiger charge is 2.31. The van der Waals surface area contributed by atoms with Crippen LogP contribution in [0, 0.1) is 0 Å². The topological polar surface area (TPSA) is 119 Å². The van der Waals surface area contributed by atoms with E-state index in [4.69, 9.17) is 33.2 Å². The molecule has 10 nitrogen and oxygen atoms in total. The molecule has 0 aliphatic rings. The Morgan fingerprint density at radius 2 is 1.03 bits per heavy atom. The first-order valence-electron chi connectivity index (χ1n) is 10.9. The summed E-state index contributed by atoms with van der Waals surface area (Å²) in [4.78, 5) is 27.8. The minimum Gasteiger partial charge on any atom is -0.502 e. The fourth-order valence-corrected chi connectivity index (χ4v) is 3.82. The number of ether oxygens (including phenoxy) is 7. The fraction of sp³-hybridized carbons (Fsp3) is 0.259. The molecular weight excluding hydrogens is 484 g/mol. The third kappa shape index (κ3) is 5.04. The molecule has 1 N–H and O–H groups in total. The molecule has 3 rings (SSSR count). The predicted molar refractivity (Wildman–Crippen MR) is 134 cm³/mol. The van der Waals surface area contributed by atoms with Crippen molar-refractivity contribution in [2.75, 3.05) is 49.8 Å². The summed E-state index contributed by atoms with van der Waals surface area (Å²) in [5, 5.41) is 10.3. The number of aromatic hydroxyl groups is 1. The average Bonchev–Trinajstić information content (AvgIpc) is 2.94. The van der Waals surface area contributed by atoms with Crippen molar-refractivity contribution in [2.24, 2.45) is 0 Å². The molecule has 37 heavy (non-hydrogen) atoms. The van der Waals surface area contributed by atoms with Gasteiger partial charge in [-0.05, 0) is 30.3 Å². The second-order valence-corrected chi connectivity index (χ2v) is 7.56. The number of phenolic OH excluding ortho intramolecular Hbond substituents is 1. The first kappa shape index (κ1) is 27.0. The molecule has 0 fully saturated rings. The van der Waals surface area contributed by atoms with Gasteiger partial charge in [0.15, 0.2) is 34.6 Å². The Morgan fingerprint density at radius 3 is 1.46 bits per heavy atom. The number of ketones is 2. The second-order valence-electron chi connectivity index (χ2n) is 7.56. The van der Waals surface area contributed by atoms with Crippen molar-refractivity contribution in [1.29, 1.82) is 0 Å². The number of benzene rings is 3. The number of carbonyl (C=O) groups excluding carboxylic acids is 2. The van der Waals surface area contributed by atoms with E-state index in [2.05, 4.69) is 0 Å². The van der Waals surface area contributed by atoms with Crippen LogP contribution in [-0.4, -0.2) is 66.4 Å². The molecular formula is C27H28O10. The van der Waals surface area contributed by atoms with Crippen LogP contribution in [0.2, 0.25) is 0 Å². The van der Waals surface area contributed by atoms with E-state index in [1.54, 1.807) is 6.07 Å². The van der Waals surface area contributed by atoms with Gasteiger partial charge in [0.25, 0.3) is 0 Å². The molecule has 0 spiro atoms. The number of methoxy groups -OCH3 is 7. The smallest absolute Gasteiger partial charge is 0.204 e. The Balaban J connectivity index is 2.36. The van der Waals surface area contributed by atoms with E-state index < -0.39 is 11.6 Å². The van der Waals surface area contributed by atoms with Crippen molar-refractivity contribution in [3.05, 3.63) is 58.7 Å². The number of phenols is 1. The van der Waals surface area contributed by atoms with Crippen molar-refractivity contribution in [2.45, 2.75) is 0 Å². The van der Waals surface area contributed by atoms with Gasteiger partial charge in [0.2, 0.25) is 11.5 Å². The monoisotopic (exact) mass is 512 g/mol. The van der Waals surface area contributed by atoms with Gasteiger partial charge in [-0.1, -0.05) is 0 Å². The maximum atomic E-state index is 14.0. The summed E-state index contributed by atoms with van der Waals surface area (Å²) in [6.07, 6.45) is 0. The summed E-state index contributed by atoms with van der Waals surface area (Å²) in [6.45, 7) is 0. The number of hydrogen-bond acceptors (Lipinski definition) is 10. The molecule has 0 saturated carbocycles. The third-order valence-electron chi connectivity index (χ3n) is 5.66. The number of hydrogen-bond donors (Lipinski definition) is 1. The highest BCUT2D eigenvalue weighted by molar-refractivity contribution is 6.22. The zero-order valence-corrected chi connectivity index (χ0v) is 21.6. The highest BCUT2D eigenvalue weighted by Crippen LogP contribution is 2.45. The van der Waals surface area contributed by atoms with Crippen LogP contribution in [0.1, 0.15) is 31.8 Å². The molecule has 3 aromatic rings. The zero-order valence-electron chi connectivity index (χ0n) is 21.6. The van der Waals surface area contributed by atoms with Crippen molar-refractivity contribution in [3.63, 3.8) is 0 Å². The first-order valence-corrected chi connectivity index (χ1v) is 10.9. The molecule has 0 saturated heterocycles. The lowest BCUT2D eigenvalue weighted by molar-refractivity contribution is 0.0999. The van der Waals surface area contributed by atoms with Crippen LogP contribution < -0.4 is 33.2 Å². The van der Waals surface area contributed by atoms with Crippen molar-refractivity contribution < 1.29 is 47.9 Å². The Labute approximate surface area is 214 Å². The van der Waals surface area contributed by atoms with Crippen LogP contribution in [0.15, 0.2) is 36.4 Å². The lowest BCUT2D eigenvalue weighted by Crippen LogP contribution is -2.15. The molecule has 0 unspecified atom stereocenters. The molecule has 0 aliphatic carbocycles. The minimum atomic E-state index is -0.618. The lowest BCUT2D eigenvalue weighted by Gasteiger charge is -2.19. The van der Waals surface area contributed by atoms with Gasteiger partial charge in [0.1, 0.15) is 11.5 Å². The Bertz CT molecular complexity index is 1280. The zero-order chi connectivity index (χ0) is 27.3. The van der Waals surface area contributed by atoms with Crippen molar-refractivity contribution in [1.82, 2.24) is 0 Å². The predicted octanol–water partition coefficient (Wildman–Crippen LogP) is 3.91. The Hall–Kier alpha value is -4.60. The molecule has 0 radical (unpaired) electrons. The van der Waals surface area contributed by atoms with Crippen LogP contribution in [0.25, 0.3) is 0 Å². The molecule has 0 aromatic heterocycles. The lowest BCUT2D eigenvalue weighted by atomic mass is 9.91. The molecule has 0 aliphatic heterocycles. The SMILES string of the molecule is COc1cc(OC)cc(C(=O)c2cc(OC)c(OC)c(OC)c2C(=O)c2cc(OC)c(O)c(OC)c2)c1. The standard InChI is InChI=1S/C27H28O10/c1-31-16-8-14(9-17(12-16)32-2)23(28)18-13-21(35-5)26(36-6)27(37-7)22(18)24(29)15-10-19(33-3)25(30)20(11-15)34-4/h8-13,30H,1-7H3. The molecule has 0 bridgehead atoms. The van der Waals surface area contributed by atoms with Gasteiger partial charge < -0.3 is 38.3 Å². The molecule has 196 valence electrons. The van der Waals surface area contributed by atoms with Crippen molar-refractivity contribution >= 4 is 11.6 Å². The van der Waals surface area contributed by atoms with Gasteiger partial charge in [-0.15, -0.1) is 0 Å². The van der Waals surface area contributed by atoms with Gasteiger partial charge in [-0.2, -0.15) is 0 Å². The first-order chi connectivity index (χ1) is 17.8. The van der Waals surface area contributed by atoms with Crippen LogP contribution >= 0.6 is 0 Å². The van der Waals surface area contributed by atoms with E-state index in [0.29, 0.717) is 11.5 Å². The molecule has 0 atom stereocenters. The van der Waals surface area contributed by atoms with Gasteiger partial charge in [0, 0.05) is 22.8 Å². The largest absolute Gasteiger partial charge is 0.502 e. The number of carbonyl (C=O) groups is 2. The quantitative estimate of drug-likeness (QED) is 0.379. The van der Waals surface area contributed by atoms with E-state index in [-0.39, 0.29) is 56.8 Å². The summed E-state index contributed by atoms with van der Waals surface area (Å²) in [5.41, 5.74) is 0.136. The van der Waals surface area contributed by atoms with E-state index >= 15 is 0 Å². The van der Waals surface area contributed by atoms with E-state index in [0.717, 1.165) is 0 Å². The van der Waals surface area contributed by atoms with E-state index in [1.165, 1.54) is 80.1 Å². The molecule has 0 amide bonds. The molecule has 10 heteroatoms. The van der Waals surface area contributed by atoms with Crippen molar-refractivity contribution in [3.8, 4) is 46.0 Å². The fourth-order valence-electron chi connectivity index (χ4n) is 3.82. The van der Waals surface area contributed by atoms with Crippen LogP contribution in [-0.2, 0) is 0 Å². The summed E-state index contributed by atoms with van der Waals surface area (Å²) in [6, 6.07) is 8.73. The second kappa shape index (κ2) is 11.4. The minimum absolute atomic E-state index is 0.00699. The summed E-state index contributed by atoms with van der Waals surface area (Å²) < 4.78 is 37.5. The van der Waals surface area contributed by atoms with Gasteiger partial charge in [-0.25, -0.2) is 0 Å². The van der Waals surface area contributed by atoms with Crippen LogP contribution in [0.4, 0.5) is 0 Å². The molecule has 0 heterocycles. The van der Waals surface area contributed by atoms with Gasteiger partial charge in [0.05, 0.1) is 55.3 Å². The van der Waals surface area contributed by atoms with Gasteiger partial charge >= 0.3 is 0 Å². The summed E-state index contributed by atoms with van der Waals surface area (Å²) in [7, 11) is 9.73. The van der Waals surface area contributed by atoms with Crippen LogP contribution in [0.5, 0.6) is 46.0 Å². The van der Waals surface area contributed by atoms with Crippen LogP contribution in [0.3, 0.4) is 0 Å². The number of rotatable bonds is 11. The van der Waals surface area contributed by atoms with E-state index in [9.17, 15) is 14.7 Å². The third-order valence-corrected chi connectivity index (χ3v) is 5.66. The summed E-state index contributed by atoms with van der Waals surface area (Å²) in [5.74, 6) is -0.366. The highest BCUT2D eigenvalue weighted by atomic mass is 16.5. The Kier molecular flexibility index (Phi) is 8.33. The Morgan fingerprint density at radius 1 is 0.541 bits per heavy atom. The normalized spacial score (nSPS) is 10.4. The van der Waals surface area contributed by atoms with E-state index in [1.807, 2.05) is 0 Å². The average molecular weight is 513 g/mol. The maximum absolute atomic E-state index is 14.0.